The number of rotatable bonds is 8. The van der Waals surface area contributed by atoms with Gasteiger partial charge in [-0.15, -0.1) is 10.2 Å². The molecule has 1 heterocycles. The summed E-state index contributed by atoms with van der Waals surface area (Å²) in [5, 5.41) is 23.8. The van der Waals surface area contributed by atoms with Crippen LogP contribution in [-0.2, 0) is 4.79 Å². The Morgan fingerprint density at radius 1 is 0.950 bits per heavy atom. The molecule has 0 aliphatic rings. The van der Waals surface area contributed by atoms with Crippen molar-refractivity contribution < 1.29 is 9.72 Å². The van der Waals surface area contributed by atoms with Gasteiger partial charge < -0.3 is 5.32 Å². The second kappa shape index (κ2) is 11.7. The van der Waals surface area contributed by atoms with E-state index in [2.05, 4.69) is 15.5 Å². The van der Waals surface area contributed by atoms with E-state index in [9.17, 15) is 14.9 Å². The molecule has 0 bridgehead atoms. The maximum Gasteiger partial charge on any atom is 0.293 e. The van der Waals surface area contributed by atoms with Gasteiger partial charge in [0.15, 0.2) is 11.0 Å². The second-order valence-corrected chi connectivity index (χ2v) is 10.6. The molecule has 0 saturated heterocycles. The summed E-state index contributed by atoms with van der Waals surface area (Å²) < 4.78 is 1.92. The minimum Gasteiger partial charge on any atom is -0.319 e. The number of hydrogen-bond acceptors (Lipinski definition) is 6. The highest BCUT2D eigenvalue weighted by atomic mass is 35.5. The number of nitrogens with one attached hydrogen (secondary N) is 1. The number of thioether (sulfide) groups is 1. The Bertz CT molecular complexity index is 1690. The van der Waals surface area contributed by atoms with Crippen molar-refractivity contribution in [3.8, 4) is 17.1 Å². The van der Waals surface area contributed by atoms with Crippen LogP contribution in [-0.4, -0.2) is 25.6 Å². The third-order valence-electron chi connectivity index (χ3n) is 6.26. The molecule has 5 rings (SSSR count). The Balaban J connectivity index is 1.59. The molecule has 200 valence electrons. The molecule has 10 heteroatoms. The quantitative estimate of drug-likeness (QED) is 0.117. The predicted molar refractivity (Wildman–Crippen MR) is 158 cm³/mol. The van der Waals surface area contributed by atoms with Crippen LogP contribution < -0.4 is 5.32 Å². The average molecular weight is 570 g/mol. The topological polar surface area (TPSA) is 103 Å². The van der Waals surface area contributed by atoms with Crippen molar-refractivity contribution in [3.63, 3.8) is 0 Å². The van der Waals surface area contributed by atoms with Crippen LogP contribution in [0, 0.1) is 24.0 Å². The lowest BCUT2D eigenvalue weighted by Crippen LogP contribution is -2.20. The lowest BCUT2D eigenvalue weighted by atomic mass is 10.1. The lowest BCUT2D eigenvalue weighted by molar-refractivity contribution is -0.384. The van der Waals surface area contributed by atoms with E-state index in [0.29, 0.717) is 21.6 Å². The number of halogens is 1. The van der Waals surface area contributed by atoms with Crippen LogP contribution in [0.25, 0.3) is 17.1 Å². The predicted octanol–water partition coefficient (Wildman–Crippen LogP) is 7.58. The van der Waals surface area contributed by atoms with Gasteiger partial charge in [-0.2, -0.15) is 0 Å². The van der Waals surface area contributed by atoms with E-state index in [4.69, 9.17) is 11.6 Å². The van der Waals surface area contributed by atoms with Crippen LogP contribution in [0.1, 0.15) is 21.9 Å². The second-order valence-electron chi connectivity index (χ2n) is 9.11. The average Bonchev–Trinajstić information content (AvgIpc) is 3.37. The highest BCUT2D eigenvalue weighted by Crippen LogP contribution is 2.39. The Kier molecular flexibility index (Phi) is 7.95. The van der Waals surface area contributed by atoms with Gasteiger partial charge >= 0.3 is 0 Å². The molecule has 1 aromatic heterocycles. The third-order valence-corrected chi connectivity index (χ3v) is 7.71. The molecule has 0 radical (unpaired) electrons. The summed E-state index contributed by atoms with van der Waals surface area (Å²) in [5.74, 6) is 0.172. The Hall–Kier alpha value is -4.47. The number of carbonyl (C=O) groups is 1. The number of carbonyl (C=O) groups excluding carboxylic acids is 1. The fraction of sp³-hybridized carbons (Fsp3) is 0.100. The fourth-order valence-electron chi connectivity index (χ4n) is 4.27. The number of nitro benzene ring substituents is 1. The van der Waals surface area contributed by atoms with Crippen molar-refractivity contribution in [1.82, 2.24) is 14.8 Å². The first kappa shape index (κ1) is 27.1. The molecule has 1 atom stereocenters. The molecule has 0 spiro atoms. The van der Waals surface area contributed by atoms with Crippen LogP contribution in [0.3, 0.4) is 0 Å². The first-order valence-electron chi connectivity index (χ1n) is 12.4. The fourth-order valence-corrected chi connectivity index (χ4v) is 5.44. The monoisotopic (exact) mass is 569 g/mol. The molecular formula is C30H24ClN5O3S. The van der Waals surface area contributed by atoms with Gasteiger partial charge in [-0.25, -0.2) is 0 Å². The molecule has 0 aliphatic carbocycles. The van der Waals surface area contributed by atoms with Crippen LogP contribution in [0.15, 0.2) is 102 Å². The Morgan fingerprint density at radius 2 is 1.65 bits per heavy atom. The molecule has 4 aromatic carbocycles. The number of aryl methyl sites for hydroxylation is 2. The van der Waals surface area contributed by atoms with E-state index in [-0.39, 0.29) is 11.4 Å². The van der Waals surface area contributed by atoms with Crippen molar-refractivity contribution in [3.05, 3.63) is 129 Å². The summed E-state index contributed by atoms with van der Waals surface area (Å²) in [4.78, 5) is 25.0. The van der Waals surface area contributed by atoms with E-state index in [1.807, 2.05) is 78.2 Å². The standard InChI is InChI=1S/C30H24ClN5O3S/c1-19-12-17-24(26(18-19)36(38)39)32-29(37)27(21-9-4-3-5-10-21)40-30-34-33-28(22-13-15-23(31)16-14-22)35(30)25-11-7-6-8-20(25)2/h3-18,27H,1-2H3,(H,32,37). The molecule has 5 aromatic rings. The normalized spacial score (nSPS) is 11.7. The molecule has 40 heavy (non-hydrogen) atoms. The summed E-state index contributed by atoms with van der Waals surface area (Å²) in [7, 11) is 0. The minimum atomic E-state index is -0.785. The number of amides is 1. The number of nitrogens with zero attached hydrogens (tertiary/aromatic N) is 4. The lowest BCUT2D eigenvalue weighted by Gasteiger charge is -2.18. The third kappa shape index (κ3) is 5.75. The molecule has 0 aliphatic heterocycles. The van der Waals surface area contributed by atoms with Crippen LogP contribution in [0.4, 0.5) is 11.4 Å². The van der Waals surface area contributed by atoms with E-state index >= 15 is 0 Å². The first-order chi connectivity index (χ1) is 19.3. The van der Waals surface area contributed by atoms with Crippen molar-refractivity contribution in [1.29, 1.82) is 0 Å². The number of para-hydroxylation sites is 1. The molecular weight excluding hydrogens is 546 g/mol. The van der Waals surface area contributed by atoms with E-state index in [1.165, 1.54) is 17.8 Å². The summed E-state index contributed by atoms with van der Waals surface area (Å²) in [6, 6.07) is 29.1. The number of hydrogen-bond donors (Lipinski definition) is 1. The van der Waals surface area contributed by atoms with Crippen molar-refractivity contribution >= 4 is 40.6 Å². The maximum absolute atomic E-state index is 13.8. The summed E-state index contributed by atoms with van der Waals surface area (Å²) >= 11 is 7.35. The van der Waals surface area contributed by atoms with E-state index in [0.717, 1.165) is 22.4 Å². The first-order valence-corrected chi connectivity index (χ1v) is 13.6. The highest BCUT2D eigenvalue weighted by molar-refractivity contribution is 8.00. The molecule has 8 nitrogen and oxygen atoms in total. The highest BCUT2D eigenvalue weighted by Gasteiger charge is 2.28. The zero-order valence-corrected chi connectivity index (χ0v) is 23.2. The molecule has 0 fully saturated rings. The number of benzene rings is 4. The number of aromatic nitrogens is 3. The molecule has 1 N–H and O–H groups in total. The van der Waals surface area contributed by atoms with Crippen LogP contribution in [0.5, 0.6) is 0 Å². The van der Waals surface area contributed by atoms with Gasteiger partial charge in [0, 0.05) is 16.7 Å². The van der Waals surface area contributed by atoms with Crippen molar-refractivity contribution in [2.24, 2.45) is 0 Å². The molecule has 1 amide bonds. The Labute approximate surface area is 240 Å². The van der Waals surface area contributed by atoms with Crippen molar-refractivity contribution in [2.45, 2.75) is 24.3 Å². The Morgan fingerprint density at radius 3 is 2.35 bits per heavy atom. The van der Waals surface area contributed by atoms with Crippen molar-refractivity contribution in [2.75, 3.05) is 5.32 Å². The van der Waals surface area contributed by atoms with Crippen LogP contribution >= 0.6 is 23.4 Å². The summed E-state index contributed by atoms with van der Waals surface area (Å²) in [6.07, 6.45) is 0. The largest absolute Gasteiger partial charge is 0.319 e. The zero-order valence-electron chi connectivity index (χ0n) is 21.6. The van der Waals surface area contributed by atoms with Crippen LogP contribution in [0.2, 0.25) is 5.02 Å². The molecule has 1 unspecified atom stereocenters. The number of anilines is 1. The number of nitro groups is 1. The summed E-state index contributed by atoms with van der Waals surface area (Å²) in [5.41, 5.74) is 4.06. The van der Waals surface area contributed by atoms with Gasteiger partial charge in [0.25, 0.3) is 5.69 Å². The minimum absolute atomic E-state index is 0.129. The van der Waals surface area contributed by atoms with Gasteiger partial charge in [0.1, 0.15) is 10.9 Å². The SMILES string of the molecule is Cc1ccc(NC(=O)C(Sc2nnc(-c3ccc(Cl)cc3)n2-c2ccccc2C)c2ccccc2)c([N+](=O)[O-])c1. The van der Waals surface area contributed by atoms with Gasteiger partial charge in [0.2, 0.25) is 5.91 Å². The maximum atomic E-state index is 13.8. The summed E-state index contributed by atoms with van der Waals surface area (Å²) in [6.45, 7) is 3.76. The van der Waals surface area contributed by atoms with Gasteiger partial charge in [-0.1, -0.05) is 78.0 Å². The zero-order chi connectivity index (χ0) is 28.2. The van der Waals surface area contributed by atoms with Gasteiger partial charge in [-0.05, 0) is 66.9 Å². The molecule has 0 saturated carbocycles. The van der Waals surface area contributed by atoms with E-state index < -0.39 is 16.1 Å². The smallest absolute Gasteiger partial charge is 0.293 e. The van der Waals surface area contributed by atoms with Gasteiger partial charge in [-0.3, -0.25) is 19.5 Å². The van der Waals surface area contributed by atoms with E-state index in [1.54, 1.807) is 31.2 Å². The van der Waals surface area contributed by atoms with Gasteiger partial charge in [0.05, 0.1) is 10.6 Å².